The van der Waals surface area contributed by atoms with Crippen LogP contribution in [0.2, 0.25) is 0 Å². The van der Waals surface area contributed by atoms with Gasteiger partial charge in [-0.1, -0.05) is 42.5 Å². The maximum Gasteiger partial charge on any atom is 0.416 e. The van der Waals surface area contributed by atoms with E-state index in [2.05, 4.69) is 21.3 Å². The second-order valence-electron chi connectivity index (χ2n) is 9.64. The van der Waals surface area contributed by atoms with Gasteiger partial charge in [-0.25, -0.2) is 0 Å². The van der Waals surface area contributed by atoms with Crippen LogP contribution < -0.4 is 26.0 Å². The van der Waals surface area contributed by atoms with Gasteiger partial charge in [0.25, 0.3) is 5.91 Å². The predicted octanol–water partition coefficient (Wildman–Crippen LogP) is 6.51. The Morgan fingerprint density at radius 1 is 0.837 bits per heavy atom. The molecule has 224 valence electrons. The van der Waals surface area contributed by atoms with Crippen molar-refractivity contribution < 1.29 is 27.5 Å². The molecule has 4 rings (SSSR count). The Morgan fingerprint density at radius 3 is 2.14 bits per heavy atom. The Hall–Kier alpha value is -4.83. The number of anilines is 2. The molecule has 4 N–H and O–H groups in total. The van der Waals surface area contributed by atoms with Gasteiger partial charge in [-0.15, -0.1) is 0 Å². The second-order valence-corrected chi connectivity index (χ2v) is 9.64. The lowest BCUT2D eigenvalue weighted by Gasteiger charge is -2.19. The molecule has 7 nitrogen and oxygen atoms in total. The fourth-order valence-corrected chi connectivity index (χ4v) is 4.51. The van der Waals surface area contributed by atoms with Crippen molar-refractivity contribution in [1.29, 1.82) is 0 Å². The van der Waals surface area contributed by atoms with Crippen LogP contribution >= 0.6 is 0 Å². The molecule has 1 atom stereocenters. The summed E-state index contributed by atoms with van der Waals surface area (Å²) in [6.07, 6.45) is -4.45. The van der Waals surface area contributed by atoms with E-state index in [9.17, 15) is 22.8 Å². The SMILES string of the molecule is CCNC(=O)C(NCCNc1ccc(NC(=O)c2cc(OC)ccc2-c2ccc(C(F)(F)F)cc2)cc1)c1ccccc1. The smallest absolute Gasteiger partial charge is 0.416 e. The highest BCUT2D eigenvalue weighted by Gasteiger charge is 2.30. The number of ether oxygens (including phenoxy) is 1. The molecule has 0 saturated carbocycles. The molecule has 0 spiro atoms. The van der Waals surface area contributed by atoms with Gasteiger partial charge in [-0.05, 0) is 78.2 Å². The van der Waals surface area contributed by atoms with Crippen molar-refractivity contribution in [2.45, 2.75) is 19.1 Å². The zero-order valence-electron chi connectivity index (χ0n) is 23.8. The summed E-state index contributed by atoms with van der Waals surface area (Å²) in [5.41, 5.74) is 2.67. The van der Waals surface area contributed by atoms with E-state index in [4.69, 9.17) is 4.74 Å². The number of rotatable bonds is 12. The monoisotopic (exact) mass is 590 g/mol. The first-order chi connectivity index (χ1) is 20.7. The van der Waals surface area contributed by atoms with E-state index in [-0.39, 0.29) is 11.5 Å². The molecule has 43 heavy (non-hydrogen) atoms. The van der Waals surface area contributed by atoms with E-state index in [0.717, 1.165) is 23.4 Å². The van der Waals surface area contributed by atoms with Gasteiger partial charge < -0.3 is 26.0 Å². The van der Waals surface area contributed by atoms with Crippen LogP contribution in [0, 0.1) is 0 Å². The van der Waals surface area contributed by atoms with Crippen LogP contribution in [0.1, 0.15) is 34.5 Å². The molecule has 0 aliphatic rings. The van der Waals surface area contributed by atoms with Crippen LogP contribution in [0.5, 0.6) is 5.75 Å². The minimum Gasteiger partial charge on any atom is -0.497 e. The van der Waals surface area contributed by atoms with E-state index >= 15 is 0 Å². The predicted molar refractivity (Wildman–Crippen MR) is 162 cm³/mol. The van der Waals surface area contributed by atoms with Crippen molar-refractivity contribution in [2.75, 3.05) is 37.4 Å². The highest BCUT2D eigenvalue weighted by atomic mass is 19.4. The Bertz CT molecular complexity index is 1510. The zero-order chi connectivity index (χ0) is 30.8. The number of nitrogens with one attached hydrogen (secondary N) is 4. The molecular weight excluding hydrogens is 557 g/mol. The Labute approximate surface area is 248 Å². The average Bonchev–Trinajstić information content (AvgIpc) is 3.01. The number of carbonyl (C=O) groups excluding carboxylic acids is 2. The molecule has 0 aliphatic heterocycles. The fourth-order valence-electron chi connectivity index (χ4n) is 4.51. The number of carbonyl (C=O) groups is 2. The lowest BCUT2D eigenvalue weighted by Crippen LogP contribution is -2.39. The van der Waals surface area contributed by atoms with Crippen molar-refractivity contribution in [2.24, 2.45) is 0 Å². The zero-order valence-corrected chi connectivity index (χ0v) is 23.8. The molecule has 4 aromatic rings. The number of alkyl halides is 3. The van der Waals surface area contributed by atoms with Gasteiger partial charge >= 0.3 is 6.18 Å². The van der Waals surface area contributed by atoms with Gasteiger partial charge in [0.2, 0.25) is 5.91 Å². The maximum absolute atomic E-state index is 13.3. The van der Waals surface area contributed by atoms with Gasteiger partial charge in [0.1, 0.15) is 11.8 Å². The van der Waals surface area contributed by atoms with Crippen molar-refractivity contribution >= 4 is 23.2 Å². The molecule has 0 fully saturated rings. The molecule has 0 heterocycles. The van der Waals surface area contributed by atoms with Crippen molar-refractivity contribution in [3.05, 3.63) is 114 Å². The second kappa shape index (κ2) is 14.4. The van der Waals surface area contributed by atoms with Crippen molar-refractivity contribution in [3.8, 4) is 16.9 Å². The number of hydrogen-bond acceptors (Lipinski definition) is 5. The van der Waals surface area contributed by atoms with Crippen molar-refractivity contribution in [3.63, 3.8) is 0 Å². The highest BCUT2D eigenvalue weighted by Crippen LogP contribution is 2.33. The van der Waals surface area contributed by atoms with E-state index in [0.29, 0.717) is 42.2 Å². The van der Waals surface area contributed by atoms with Gasteiger partial charge in [0.15, 0.2) is 0 Å². The summed E-state index contributed by atoms with van der Waals surface area (Å²) in [7, 11) is 1.47. The molecule has 4 aromatic carbocycles. The Morgan fingerprint density at radius 2 is 1.51 bits per heavy atom. The van der Waals surface area contributed by atoms with Gasteiger partial charge in [-0.3, -0.25) is 9.59 Å². The molecular formula is C33H33F3N4O3. The summed E-state index contributed by atoms with van der Waals surface area (Å²) >= 11 is 0. The summed E-state index contributed by atoms with van der Waals surface area (Å²) in [4.78, 5) is 25.8. The van der Waals surface area contributed by atoms with E-state index in [1.807, 2.05) is 49.4 Å². The lowest BCUT2D eigenvalue weighted by atomic mass is 9.97. The van der Waals surface area contributed by atoms with Gasteiger partial charge in [-0.2, -0.15) is 13.2 Å². The summed E-state index contributed by atoms with van der Waals surface area (Å²) in [5, 5.41) is 12.3. The summed E-state index contributed by atoms with van der Waals surface area (Å²) in [6.45, 7) is 3.49. The number of benzene rings is 4. The Kier molecular flexibility index (Phi) is 10.4. The normalized spacial score (nSPS) is 11.8. The first kappa shape index (κ1) is 31.1. The fraction of sp³-hybridized carbons (Fsp3) is 0.212. The van der Waals surface area contributed by atoms with Crippen LogP contribution in [0.4, 0.5) is 24.5 Å². The quantitative estimate of drug-likeness (QED) is 0.141. The van der Waals surface area contributed by atoms with Gasteiger partial charge in [0.05, 0.1) is 18.2 Å². The average molecular weight is 591 g/mol. The van der Waals surface area contributed by atoms with Crippen LogP contribution in [-0.2, 0) is 11.0 Å². The van der Waals surface area contributed by atoms with Crippen LogP contribution in [0.15, 0.2) is 97.1 Å². The van der Waals surface area contributed by atoms with Crippen LogP contribution in [0.25, 0.3) is 11.1 Å². The number of likely N-dealkylation sites (N-methyl/N-ethyl adjacent to an activating group) is 1. The van der Waals surface area contributed by atoms with Crippen LogP contribution in [0.3, 0.4) is 0 Å². The van der Waals surface area contributed by atoms with Crippen molar-refractivity contribution in [1.82, 2.24) is 10.6 Å². The molecule has 0 radical (unpaired) electrons. The Balaban J connectivity index is 1.38. The van der Waals surface area contributed by atoms with Crippen LogP contribution in [-0.4, -0.2) is 38.6 Å². The standard InChI is InChI=1S/C33H33F3N4O3/c1-3-37-32(42)30(23-7-5-4-6-8-23)39-20-19-38-25-13-15-26(16-14-25)40-31(41)29-21-27(43-2)17-18-28(29)22-9-11-24(12-10-22)33(34,35)36/h4-18,21,30,38-39H,3,19-20H2,1-2H3,(H,37,42)(H,40,41). The molecule has 0 bridgehead atoms. The van der Waals surface area contributed by atoms with Gasteiger partial charge in [0, 0.05) is 31.0 Å². The molecule has 1 unspecified atom stereocenters. The molecule has 10 heteroatoms. The molecule has 2 amide bonds. The molecule has 0 aliphatic carbocycles. The third kappa shape index (κ3) is 8.36. The summed E-state index contributed by atoms with van der Waals surface area (Å²) in [5.74, 6) is -0.0852. The maximum atomic E-state index is 13.3. The number of amides is 2. The summed E-state index contributed by atoms with van der Waals surface area (Å²) < 4.78 is 44.4. The van der Waals surface area contributed by atoms with E-state index < -0.39 is 23.7 Å². The number of hydrogen-bond donors (Lipinski definition) is 4. The third-order valence-corrected chi connectivity index (χ3v) is 6.69. The third-order valence-electron chi connectivity index (χ3n) is 6.69. The highest BCUT2D eigenvalue weighted by molar-refractivity contribution is 6.09. The van der Waals surface area contributed by atoms with E-state index in [1.54, 1.807) is 30.3 Å². The topological polar surface area (TPSA) is 91.5 Å². The minimum absolute atomic E-state index is 0.0914. The number of methoxy groups -OCH3 is 1. The van der Waals surface area contributed by atoms with E-state index in [1.165, 1.54) is 19.2 Å². The first-order valence-electron chi connectivity index (χ1n) is 13.8. The molecule has 0 saturated heterocycles. The first-order valence-corrected chi connectivity index (χ1v) is 13.8. The lowest BCUT2D eigenvalue weighted by molar-refractivity contribution is -0.137. The largest absolute Gasteiger partial charge is 0.497 e. The molecule has 0 aromatic heterocycles. The summed E-state index contributed by atoms with van der Waals surface area (Å²) in [6, 6.07) is 25.7. The minimum atomic E-state index is -4.45. The number of halogens is 3.